The van der Waals surface area contributed by atoms with Crippen LogP contribution in [-0.4, -0.2) is 37.8 Å². The van der Waals surface area contributed by atoms with Gasteiger partial charge in [0.1, 0.15) is 0 Å². The molecule has 1 rings (SSSR count). The van der Waals surface area contributed by atoms with Gasteiger partial charge >= 0.3 is 6.18 Å². The van der Waals surface area contributed by atoms with Crippen molar-refractivity contribution in [2.45, 2.75) is 25.4 Å². The standard InChI is InChI=1S/C10H19F3N2/c1-15(6-8-3-2-4-8)7-9(5-14)10(11,12)13/h8-9H,2-7,14H2,1H3. The molecule has 1 fully saturated rings. The lowest BCUT2D eigenvalue weighted by Crippen LogP contribution is -2.41. The molecule has 1 saturated carbocycles. The SMILES string of the molecule is CN(CC1CCC1)CC(CN)C(F)(F)F. The average molecular weight is 224 g/mol. The van der Waals surface area contributed by atoms with Crippen LogP contribution in [-0.2, 0) is 0 Å². The molecule has 15 heavy (non-hydrogen) atoms. The third kappa shape index (κ3) is 3.99. The van der Waals surface area contributed by atoms with Crippen LogP contribution in [0.5, 0.6) is 0 Å². The van der Waals surface area contributed by atoms with Crippen LogP contribution < -0.4 is 5.73 Å². The van der Waals surface area contributed by atoms with Crippen LogP contribution in [0.4, 0.5) is 13.2 Å². The Balaban J connectivity index is 2.30. The molecule has 0 spiro atoms. The Bertz CT molecular complexity index is 190. The van der Waals surface area contributed by atoms with E-state index in [0.29, 0.717) is 5.92 Å². The molecule has 1 atom stereocenters. The molecule has 5 heteroatoms. The first-order valence-electron chi connectivity index (χ1n) is 5.38. The number of alkyl halides is 3. The van der Waals surface area contributed by atoms with E-state index in [1.807, 2.05) is 0 Å². The first kappa shape index (κ1) is 12.8. The van der Waals surface area contributed by atoms with Gasteiger partial charge in [0.25, 0.3) is 0 Å². The van der Waals surface area contributed by atoms with Crippen LogP contribution >= 0.6 is 0 Å². The van der Waals surface area contributed by atoms with Crippen molar-refractivity contribution in [1.82, 2.24) is 4.90 Å². The molecule has 0 amide bonds. The van der Waals surface area contributed by atoms with Crippen molar-refractivity contribution < 1.29 is 13.2 Å². The second kappa shape index (κ2) is 5.16. The van der Waals surface area contributed by atoms with Gasteiger partial charge in [-0.05, 0) is 25.8 Å². The highest BCUT2D eigenvalue weighted by molar-refractivity contribution is 4.76. The number of hydrogen-bond acceptors (Lipinski definition) is 2. The zero-order valence-electron chi connectivity index (χ0n) is 9.06. The number of nitrogens with zero attached hydrogens (tertiary/aromatic N) is 1. The fraction of sp³-hybridized carbons (Fsp3) is 1.00. The van der Waals surface area contributed by atoms with Crippen molar-refractivity contribution >= 4 is 0 Å². The van der Waals surface area contributed by atoms with Gasteiger partial charge in [0.15, 0.2) is 0 Å². The van der Waals surface area contributed by atoms with Crippen molar-refractivity contribution in [1.29, 1.82) is 0 Å². The van der Waals surface area contributed by atoms with Gasteiger partial charge < -0.3 is 10.6 Å². The van der Waals surface area contributed by atoms with Crippen LogP contribution in [0.3, 0.4) is 0 Å². The second-order valence-electron chi connectivity index (χ2n) is 4.49. The van der Waals surface area contributed by atoms with Crippen molar-refractivity contribution in [2.75, 3.05) is 26.7 Å². The number of halogens is 3. The molecule has 2 N–H and O–H groups in total. The molecule has 0 heterocycles. The van der Waals surface area contributed by atoms with Crippen molar-refractivity contribution in [3.05, 3.63) is 0 Å². The molecular formula is C10H19F3N2. The summed E-state index contributed by atoms with van der Waals surface area (Å²) in [6.07, 6.45) is -0.631. The van der Waals surface area contributed by atoms with Gasteiger partial charge in [0.05, 0.1) is 5.92 Å². The number of rotatable bonds is 5. The third-order valence-corrected chi connectivity index (χ3v) is 3.07. The molecule has 1 aliphatic carbocycles. The average Bonchev–Trinajstić information content (AvgIpc) is 2.05. The van der Waals surface area contributed by atoms with E-state index in [2.05, 4.69) is 0 Å². The Hall–Kier alpha value is -0.290. The van der Waals surface area contributed by atoms with E-state index in [0.717, 1.165) is 19.4 Å². The highest BCUT2D eigenvalue weighted by atomic mass is 19.4. The molecule has 0 radical (unpaired) electrons. The van der Waals surface area contributed by atoms with E-state index in [1.165, 1.54) is 6.42 Å². The van der Waals surface area contributed by atoms with Crippen LogP contribution in [0, 0.1) is 11.8 Å². The van der Waals surface area contributed by atoms with Crippen molar-refractivity contribution in [3.8, 4) is 0 Å². The minimum Gasteiger partial charge on any atom is -0.330 e. The Morgan fingerprint density at radius 3 is 2.33 bits per heavy atom. The topological polar surface area (TPSA) is 29.3 Å². The second-order valence-corrected chi connectivity index (χ2v) is 4.49. The summed E-state index contributed by atoms with van der Waals surface area (Å²) in [5, 5.41) is 0. The quantitative estimate of drug-likeness (QED) is 0.772. The van der Waals surface area contributed by atoms with Gasteiger partial charge in [-0.1, -0.05) is 6.42 Å². The monoisotopic (exact) mass is 224 g/mol. The lowest BCUT2D eigenvalue weighted by molar-refractivity contribution is -0.175. The van der Waals surface area contributed by atoms with Crippen LogP contribution in [0.1, 0.15) is 19.3 Å². The molecule has 0 aromatic heterocycles. The summed E-state index contributed by atoms with van der Waals surface area (Å²) in [6, 6.07) is 0. The zero-order chi connectivity index (χ0) is 11.5. The van der Waals surface area contributed by atoms with Gasteiger partial charge in [-0.15, -0.1) is 0 Å². The van der Waals surface area contributed by atoms with E-state index in [4.69, 9.17) is 5.73 Å². The van der Waals surface area contributed by atoms with E-state index < -0.39 is 12.1 Å². The predicted molar refractivity (Wildman–Crippen MR) is 53.4 cm³/mol. The molecule has 0 aliphatic heterocycles. The number of nitrogens with two attached hydrogens (primary N) is 1. The normalized spacial score (nSPS) is 20.4. The lowest BCUT2D eigenvalue weighted by Gasteiger charge is -2.32. The fourth-order valence-electron chi connectivity index (χ4n) is 1.88. The highest BCUT2D eigenvalue weighted by Gasteiger charge is 2.39. The predicted octanol–water partition coefficient (Wildman–Crippen LogP) is 1.86. The maximum absolute atomic E-state index is 12.4. The summed E-state index contributed by atoms with van der Waals surface area (Å²) in [5.74, 6) is -0.788. The first-order chi connectivity index (χ1) is 6.93. The summed E-state index contributed by atoms with van der Waals surface area (Å²) in [6.45, 7) is 0.474. The maximum Gasteiger partial charge on any atom is 0.394 e. The minimum absolute atomic E-state index is 0.0243. The largest absolute Gasteiger partial charge is 0.394 e. The van der Waals surface area contributed by atoms with E-state index >= 15 is 0 Å². The summed E-state index contributed by atoms with van der Waals surface area (Å²) in [7, 11) is 1.74. The van der Waals surface area contributed by atoms with Gasteiger partial charge in [0.2, 0.25) is 0 Å². The third-order valence-electron chi connectivity index (χ3n) is 3.07. The van der Waals surface area contributed by atoms with Crippen molar-refractivity contribution in [2.24, 2.45) is 17.6 Å². The molecule has 90 valence electrons. The molecule has 0 aromatic carbocycles. The number of hydrogen-bond donors (Lipinski definition) is 1. The molecule has 0 aromatic rings. The minimum atomic E-state index is -4.16. The highest BCUT2D eigenvalue weighted by Crippen LogP contribution is 2.29. The molecule has 1 aliphatic rings. The molecule has 0 saturated heterocycles. The zero-order valence-corrected chi connectivity index (χ0v) is 9.06. The van der Waals surface area contributed by atoms with Gasteiger partial charge in [-0.25, -0.2) is 0 Å². The Labute approximate surface area is 88.6 Å². The fourth-order valence-corrected chi connectivity index (χ4v) is 1.88. The van der Waals surface area contributed by atoms with Gasteiger partial charge in [0, 0.05) is 19.6 Å². The van der Waals surface area contributed by atoms with Gasteiger partial charge in [-0.3, -0.25) is 0 Å². The molecular weight excluding hydrogens is 205 g/mol. The summed E-state index contributed by atoms with van der Waals surface area (Å²) >= 11 is 0. The smallest absolute Gasteiger partial charge is 0.330 e. The maximum atomic E-state index is 12.4. The van der Waals surface area contributed by atoms with E-state index in [9.17, 15) is 13.2 Å². The van der Waals surface area contributed by atoms with Gasteiger partial charge in [-0.2, -0.15) is 13.2 Å². The first-order valence-corrected chi connectivity index (χ1v) is 5.38. The summed E-state index contributed by atoms with van der Waals surface area (Å²) in [5.41, 5.74) is 5.14. The lowest BCUT2D eigenvalue weighted by atomic mass is 9.85. The van der Waals surface area contributed by atoms with E-state index in [1.54, 1.807) is 11.9 Å². The van der Waals surface area contributed by atoms with Crippen molar-refractivity contribution in [3.63, 3.8) is 0 Å². The summed E-state index contributed by atoms with van der Waals surface area (Å²) < 4.78 is 37.2. The molecule has 0 bridgehead atoms. The van der Waals surface area contributed by atoms with Crippen LogP contribution in [0.2, 0.25) is 0 Å². The van der Waals surface area contributed by atoms with E-state index in [-0.39, 0.29) is 13.1 Å². The Morgan fingerprint density at radius 2 is 2.00 bits per heavy atom. The summed E-state index contributed by atoms with van der Waals surface area (Å²) in [4.78, 5) is 1.76. The Kier molecular flexibility index (Phi) is 4.40. The van der Waals surface area contributed by atoms with Crippen LogP contribution in [0.25, 0.3) is 0 Å². The molecule has 1 unspecified atom stereocenters. The Morgan fingerprint density at radius 1 is 1.40 bits per heavy atom. The van der Waals surface area contributed by atoms with Crippen LogP contribution in [0.15, 0.2) is 0 Å². The molecule has 2 nitrogen and oxygen atoms in total.